The van der Waals surface area contributed by atoms with Gasteiger partial charge in [-0.2, -0.15) is 0 Å². The van der Waals surface area contributed by atoms with E-state index in [1.54, 1.807) is 6.92 Å². The first-order valence-electron chi connectivity index (χ1n) is 5.48. The molecule has 1 aliphatic rings. The van der Waals surface area contributed by atoms with Crippen molar-refractivity contribution in [2.45, 2.75) is 13.5 Å². The molecule has 0 aromatic heterocycles. The lowest BCUT2D eigenvalue weighted by molar-refractivity contribution is -0.137. The van der Waals surface area contributed by atoms with Gasteiger partial charge in [0, 0.05) is 6.54 Å². The third-order valence-corrected chi connectivity index (χ3v) is 2.97. The van der Waals surface area contributed by atoms with Crippen molar-refractivity contribution in [3.63, 3.8) is 0 Å². The highest BCUT2D eigenvalue weighted by Crippen LogP contribution is 2.13. The van der Waals surface area contributed by atoms with Gasteiger partial charge in [0.15, 0.2) is 11.6 Å². The highest BCUT2D eigenvalue weighted by Gasteiger charge is 2.30. The number of hydrogen-bond donors (Lipinski definition) is 0. The number of carbonyl (C=O) groups is 2. The number of Topliss-reactive ketones (excluding diaryl/α,β-unsaturated/α-hetero) is 2. The number of likely N-dealkylation sites (tertiary alicyclic amines) is 1. The van der Waals surface area contributed by atoms with Gasteiger partial charge in [0.25, 0.3) is 0 Å². The molecule has 1 aromatic rings. The van der Waals surface area contributed by atoms with Crippen LogP contribution in [0.2, 0.25) is 0 Å². The van der Waals surface area contributed by atoms with Gasteiger partial charge in [-0.3, -0.25) is 14.5 Å². The molecule has 84 valence electrons. The molecular weight excluding hydrogens is 202 g/mol. The van der Waals surface area contributed by atoms with E-state index in [9.17, 15) is 9.59 Å². The van der Waals surface area contributed by atoms with Crippen LogP contribution in [0, 0.1) is 5.92 Å². The first kappa shape index (κ1) is 11.0. The molecule has 0 N–H and O–H groups in total. The minimum absolute atomic E-state index is 0.0344. The molecule has 0 unspecified atom stereocenters. The number of benzene rings is 1. The van der Waals surface area contributed by atoms with Crippen LogP contribution >= 0.6 is 0 Å². The van der Waals surface area contributed by atoms with E-state index in [4.69, 9.17) is 0 Å². The summed E-state index contributed by atoms with van der Waals surface area (Å²) in [6.45, 7) is 3.15. The average Bonchev–Trinajstić information content (AvgIpc) is 2.27. The van der Waals surface area contributed by atoms with Crippen LogP contribution in [0.4, 0.5) is 0 Å². The first-order chi connectivity index (χ1) is 7.66. The smallest absolute Gasteiger partial charge is 0.157 e. The Labute approximate surface area is 95.1 Å². The van der Waals surface area contributed by atoms with E-state index in [1.807, 2.05) is 35.2 Å². The van der Waals surface area contributed by atoms with Crippen LogP contribution < -0.4 is 0 Å². The van der Waals surface area contributed by atoms with E-state index in [2.05, 4.69) is 0 Å². The molecule has 1 saturated heterocycles. The van der Waals surface area contributed by atoms with E-state index in [1.165, 1.54) is 0 Å². The van der Waals surface area contributed by atoms with Crippen molar-refractivity contribution in [1.29, 1.82) is 0 Å². The number of nitrogens with zero attached hydrogens (tertiary/aromatic N) is 1. The molecule has 0 amide bonds. The summed E-state index contributed by atoms with van der Waals surface area (Å²) in [5.74, 6) is -0.341. The standard InChI is InChI=1S/C13H15NO2/c1-10-12(15)8-14(9-13(10)16)7-11-5-3-2-4-6-11/h2-6,10H,7-9H2,1H3. The zero-order valence-corrected chi connectivity index (χ0v) is 9.35. The molecule has 0 aliphatic carbocycles. The van der Waals surface area contributed by atoms with Crippen molar-refractivity contribution in [1.82, 2.24) is 4.90 Å². The van der Waals surface area contributed by atoms with Crippen LogP contribution in [0.5, 0.6) is 0 Å². The maximum Gasteiger partial charge on any atom is 0.157 e. The third-order valence-electron chi connectivity index (χ3n) is 2.97. The lowest BCUT2D eigenvalue weighted by Gasteiger charge is -2.27. The number of carbonyl (C=O) groups excluding carboxylic acids is 2. The molecular formula is C13H15NO2. The van der Waals surface area contributed by atoms with Crippen molar-refractivity contribution < 1.29 is 9.59 Å². The Bertz CT molecular complexity index is 382. The van der Waals surface area contributed by atoms with E-state index in [0.717, 1.165) is 5.56 Å². The molecule has 0 radical (unpaired) electrons. The fourth-order valence-corrected chi connectivity index (χ4v) is 1.90. The highest BCUT2D eigenvalue weighted by atomic mass is 16.2. The average molecular weight is 217 g/mol. The van der Waals surface area contributed by atoms with Gasteiger partial charge >= 0.3 is 0 Å². The zero-order chi connectivity index (χ0) is 11.5. The predicted molar refractivity (Wildman–Crippen MR) is 60.9 cm³/mol. The summed E-state index contributed by atoms with van der Waals surface area (Å²) >= 11 is 0. The summed E-state index contributed by atoms with van der Waals surface area (Å²) in [6, 6.07) is 9.90. The summed E-state index contributed by atoms with van der Waals surface area (Å²) in [5, 5.41) is 0. The van der Waals surface area contributed by atoms with Gasteiger partial charge in [-0.25, -0.2) is 0 Å². The molecule has 1 aliphatic heterocycles. The molecule has 1 heterocycles. The van der Waals surface area contributed by atoms with Crippen LogP contribution in [-0.4, -0.2) is 29.6 Å². The van der Waals surface area contributed by atoms with Crippen LogP contribution in [0.25, 0.3) is 0 Å². The van der Waals surface area contributed by atoms with Gasteiger partial charge in [-0.1, -0.05) is 30.3 Å². The van der Waals surface area contributed by atoms with Crippen molar-refractivity contribution in [2.75, 3.05) is 13.1 Å². The second-order valence-electron chi connectivity index (χ2n) is 4.29. The van der Waals surface area contributed by atoms with E-state index in [0.29, 0.717) is 19.6 Å². The van der Waals surface area contributed by atoms with Crippen LogP contribution in [0.3, 0.4) is 0 Å². The topological polar surface area (TPSA) is 37.4 Å². The minimum atomic E-state index is -0.410. The van der Waals surface area contributed by atoms with Crippen molar-refractivity contribution in [3.05, 3.63) is 35.9 Å². The second-order valence-corrected chi connectivity index (χ2v) is 4.29. The molecule has 2 rings (SSSR count). The quantitative estimate of drug-likeness (QED) is 0.700. The maximum absolute atomic E-state index is 11.5. The summed E-state index contributed by atoms with van der Waals surface area (Å²) < 4.78 is 0. The summed E-state index contributed by atoms with van der Waals surface area (Å²) in [6.07, 6.45) is 0. The molecule has 0 saturated carbocycles. The molecule has 0 spiro atoms. The number of piperidine rings is 1. The van der Waals surface area contributed by atoms with Crippen molar-refractivity contribution in [2.24, 2.45) is 5.92 Å². The SMILES string of the molecule is CC1C(=O)CN(Cc2ccccc2)CC1=O. The lowest BCUT2D eigenvalue weighted by Crippen LogP contribution is -2.45. The Balaban J connectivity index is 2.02. The molecule has 1 aromatic carbocycles. The van der Waals surface area contributed by atoms with E-state index >= 15 is 0 Å². The molecule has 16 heavy (non-hydrogen) atoms. The fraction of sp³-hybridized carbons (Fsp3) is 0.385. The highest BCUT2D eigenvalue weighted by molar-refractivity contribution is 6.05. The normalized spacial score (nSPS) is 19.1. The summed E-state index contributed by atoms with van der Waals surface area (Å²) in [7, 11) is 0. The summed E-state index contributed by atoms with van der Waals surface area (Å²) in [5.41, 5.74) is 1.14. The third kappa shape index (κ3) is 2.36. The monoisotopic (exact) mass is 217 g/mol. The van der Waals surface area contributed by atoms with Crippen LogP contribution in [-0.2, 0) is 16.1 Å². The minimum Gasteiger partial charge on any atom is -0.297 e. The number of hydrogen-bond acceptors (Lipinski definition) is 3. The van der Waals surface area contributed by atoms with Gasteiger partial charge in [0.2, 0.25) is 0 Å². The number of rotatable bonds is 2. The molecule has 3 nitrogen and oxygen atoms in total. The van der Waals surface area contributed by atoms with Gasteiger partial charge in [-0.05, 0) is 12.5 Å². The van der Waals surface area contributed by atoms with Crippen LogP contribution in [0.15, 0.2) is 30.3 Å². The number of ketones is 2. The lowest BCUT2D eigenvalue weighted by atomic mass is 9.96. The maximum atomic E-state index is 11.5. The van der Waals surface area contributed by atoms with Gasteiger partial charge < -0.3 is 0 Å². The zero-order valence-electron chi connectivity index (χ0n) is 9.35. The second kappa shape index (κ2) is 4.58. The Morgan fingerprint density at radius 3 is 2.25 bits per heavy atom. The predicted octanol–water partition coefficient (Wildman–Crippen LogP) is 1.28. The van der Waals surface area contributed by atoms with Gasteiger partial charge in [0.1, 0.15) is 0 Å². The Morgan fingerprint density at radius 2 is 1.69 bits per heavy atom. The molecule has 3 heteroatoms. The van der Waals surface area contributed by atoms with Crippen molar-refractivity contribution in [3.8, 4) is 0 Å². The summed E-state index contributed by atoms with van der Waals surface area (Å²) in [4.78, 5) is 25.0. The fourth-order valence-electron chi connectivity index (χ4n) is 1.90. The Kier molecular flexibility index (Phi) is 3.15. The van der Waals surface area contributed by atoms with Gasteiger partial charge in [0.05, 0.1) is 19.0 Å². The van der Waals surface area contributed by atoms with E-state index < -0.39 is 5.92 Å². The molecule has 0 atom stereocenters. The van der Waals surface area contributed by atoms with Crippen molar-refractivity contribution >= 4 is 11.6 Å². The Morgan fingerprint density at radius 1 is 1.12 bits per heavy atom. The molecule has 0 bridgehead atoms. The first-order valence-corrected chi connectivity index (χ1v) is 5.48. The molecule has 1 fully saturated rings. The van der Waals surface area contributed by atoms with E-state index in [-0.39, 0.29) is 11.6 Å². The van der Waals surface area contributed by atoms with Crippen LogP contribution in [0.1, 0.15) is 12.5 Å². The largest absolute Gasteiger partial charge is 0.297 e. The van der Waals surface area contributed by atoms with Gasteiger partial charge in [-0.15, -0.1) is 0 Å². The Hall–Kier alpha value is -1.48.